The predicted molar refractivity (Wildman–Crippen MR) is 90.1 cm³/mol. The molecule has 0 N–H and O–H groups in total. The van der Waals surface area contributed by atoms with Gasteiger partial charge in [-0.1, -0.05) is 30.3 Å². The number of halogens is 1. The van der Waals surface area contributed by atoms with Crippen LogP contribution in [0, 0.1) is 26.6 Å². The van der Waals surface area contributed by atoms with Crippen molar-refractivity contribution in [1.82, 2.24) is 14.4 Å². The molecule has 4 aromatic rings. The van der Waals surface area contributed by atoms with Crippen molar-refractivity contribution in [2.24, 2.45) is 0 Å². The molecule has 0 atom stereocenters. The molecule has 0 aliphatic carbocycles. The molecule has 0 aliphatic heterocycles. The zero-order valence-electron chi connectivity index (χ0n) is 13.3. The maximum Gasteiger partial charge on any atom is 0.150 e. The number of aromatic nitrogens is 3. The zero-order chi connectivity index (χ0) is 16.1. The van der Waals surface area contributed by atoms with Gasteiger partial charge in [0.25, 0.3) is 0 Å². The maximum atomic E-state index is 14.2. The van der Waals surface area contributed by atoms with Crippen molar-refractivity contribution in [2.75, 3.05) is 0 Å². The van der Waals surface area contributed by atoms with Gasteiger partial charge < -0.3 is 0 Å². The minimum Gasteiger partial charge on any atom is -0.289 e. The Bertz CT molecular complexity index is 1060. The first-order chi connectivity index (χ1) is 11.1. The Morgan fingerprint density at radius 2 is 1.61 bits per heavy atom. The second kappa shape index (κ2) is 4.88. The van der Waals surface area contributed by atoms with Crippen molar-refractivity contribution in [3.8, 4) is 11.4 Å². The largest absolute Gasteiger partial charge is 0.289 e. The van der Waals surface area contributed by atoms with Gasteiger partial charge in [-0.3, -0.25) is 4.40 Å². The molecule has 0 amide bonds. The van der Waals surface area contributed by atoms with Gasteiger partial charge in [0.1, 0.15) is 11.3 Å². The lowest BCUT2D eigenvalue weighted by atomic mass is 10.1. The highest BCUT2D eigenvalue weighted by atomic mass is 19.1. The van der Waals surface area contributed by atoms with Crippen LogP contribution in [0.5, 0.6) is 0 Å². The van der Waals surface area contributed by atoms with Crippen LogP contribution < -0.4 is 0 Å². The maximum absolute atomic E-state index is 14.2. The van der Waals surface area contributed by atoms with E-state index in [-0.39, 0.29) is 5.82 Å². The third kappa shape index (κ3) is 1.95. The van der Waals surface area contributed by atoms with E-state index in [1.165, 1.54) is 6.07 Å². The van der Waals surface area contributed by atoms with Crippen molar-refractivity contribution >= 4 is 16.6 Å². The Kier molecular flexibility index (Phi) is 2.94. The van der Waals surface area contributed by atoms with E-state index in [0.29, 0.717) is 5.52 Å². The third-order valence-corrected chi connectivity index (χ3v) is 4.27. The van der Waals surface area contributed by atoms with Crippen molar-refractivity contribution in [2.45, 2.75) is 20.8 Å². The topological polar surface area (TPSA) is 30.2 Å². The fourth-order valence-corrected chi connectivity index (χ4v) is 3.21. The van der Waals surface area contributed by atoms with Gasteiger partial charge in [0, 0.05) is 5.56 Å². The Labute approximate surface area is 133 Å². The minimum atomic E-state index is -0.311. The van der Waals surface area contributed by atoms with Crippen LogP contribution in [0.15, 0.2) is 42.5 Å². The SMILES string of the molecule is Cc1ccccc1-c1nc(C)c2c(C)nc3c(F)cccc3n12. The number of benzene rings is 2. The van der Waals surface area contributed by atoms with E-state index in [9.17, 15) is 4.39 Å². The molecule has 0 unspecified atom stereocenters. The molecule has 0 fully saturated rings. The summed E-state index contributed by atoms with van der Waals surface area (Å²) < 4.78 is 16.2. The Balaban J connectivity index is 2.25. The Morgan fingerprint density at radius 1 is 0.870 bits per heavy atom. The van der Waals surface area contributed by atoms with E-state index in [1.807, 2.05) is 42.5 Å². The van der Waals surface area contributed by atoms with Gasteiger partial charge in [-0.15, -0.1) is 0 Å². The number of para-hydroxylation sites is 1. The number of nitrogens with zero attached hydrogens (tertiary/aromatic N) is 3. The highest BCUT2D eigenvalue weighted by molar-refractivity contribution is 5.84. The minimum absolute atomic E-state index is 0.311. The third-order valence-electron chi connectivity index (χ3n) is 4.27. The van der Waals surface area contributed by atoms with Crippen molar-refractivity contribution in [1.29, 1.82) is 0 Å². The van der Waals surface area contributed by atoms with E-state index in [4.69, 9.17) is 4.98 Å². The molecular weight excluding hydrogens is 289 g/mol. The summed E-state index contributed by atoms with van der Waals surface area (Å²) in [5, 5.41) is 0. The fraction of sp³-hybridized carbons (Fsp3) is 0.158. The summed E-state index contributed by atoms with van der Waals surface area (Å²) in [7, 11) is 0. The van der Waals surface area contributed by atoms with Gasteiger partial charge in [-0.2, -0.15) is 0 Å². The number of hydrogen-bond donors (Lipinski definition) is 0. The first kappa shape index (κ1) is 13.9. The molecule has 0 radical (unpaired) electrons. The van der Waals surface area contributed by atoms with E-state index in [2.05, 4.69) is 18.0 Å². The standard InChI is InChI=1S/C19H16FN3/c1-11-7-4-5-8-14(11)19-22-13(3)18-12(2)21-17-15(20)9-6-10-16(17)23(18)19/h4-10H,1-3H3. The fourth-order valence-electron chi connectivity index (χ4n) is 3.21. The van der Waals surface area contributed by atoms with Crippen molar-refractivity contribution in [3.05, 3.63) is 65.2 Å². The lowest BCUT2D eigenvalue weighted by Gasteiger charge is -2.10. The van der Waals surface area contributed by atoms with Crippen molar-refractivity contribution in [3.63, 3.8) is 0 Å². The summed E-state index contributed by atoms with van der Waals surface area (Å²) in [4.78, 5) is 9.22. The first-order valence-corrected chi connectivity index (χ1v) is 7.58. The molecule has 2 aromatic carbocycles. The van der Waals surface area contributed by atoms with Gasteiger partial charge in [-0.05, 0) is 38.5 Å². The van der Waals surface area contributed by atoms with E-state index >= 15 is 0 Å². The molecule has 0 aliphatic rings. The molecular formula is C19H16FN3. The first-order valence-electron chi connectivity index (χ1n) is 7.58. The van der Waals surface area contributed by atoms with Crippen LogP contribution in [0.3, 0.4) is 0 Å². The summed E-state index contributed by atoms with van der Waals surface area (Å²) in [5.74, 6) is 0.520. The van der Waals surface area contributed by atoms with E-state index in [0.717, 1.165) is 39.4 Å². The van der Waals surface area contributed by atoms with Crippen molar-refractivity contribution < 1.29 is 4.39 Å². The zero-order valence-corrected chi connectivity index (χ0v) is 13.3. The molecule has 23 heavy (non-hydrogen) atoms. The normalized spacial score (nSPS) is 11.5. The number of aryl methyl sites for hydroxylation is 3. The van der Waals surface area contributed by atoms with Crippen LogP contribution in [-0.2, 0) is 0 Å². The number of imidazole rings is 1. The van der Waals surface area contributed by atoms with Gasteiger partial charge in [0.15, 0.2) is 5.82 Å². The Hall–Kier alpha value is -2.75. The van der Waals surface area contributed by atoms with Crippen LogP contribution in [0.1, 0.15) is 17.0 Å². The number of hydrogen-bond acceptors (Lipinski definition) is 2. The highest BCUT2D eigenvalue weighted by Gasteiger charge is 2.18. The number of fused-ring (bicyclic) bond motifs is 3. The quantitative estimate of drug-likeness (QED) is 0.514. The smallest absolute Gasteiger partial charge is 0.150 e. The number of rotatable bonds is 1. The van der Waals surface area contributed by atoms with Crippen LogP contribution in [0.25, 0.3) is 27.9 Å². The second-order valence-electron chi connectivity index (χ2n) is 5.82. The second-order valence-corrected chi connectivity index (χ2v) is 5.82. The molecule has 4 heteroatoms. The van der Waals surface area contributed by atoms with Gasteiger partial charge >= 0.3 is 0 Å². The van der Waals surface area contributed by atoms with Gasteiger partial charge in [0.2, 0.25) is 0 Å². The molecule has 0 saturated heterocycles. The lowest BCUT2D eigenvalue weighted by Crippen LogP contribution is -1.99. The average Bonchev–Trinajstić information content (AvgIpc) is 2.87. The molecule has 0 saturated carbocycles. The predicted octanol–water partition coefficient (Wildman–Crippen LogP) is 4.61. The summed E-state index contributed by atoms with van der Waals surface area (Å²) >= 11 is 0. The van der Waals surface area contributed by atoms with Crippen LogP contribution >= 0.6 is 0 Å². The van der Waals surface area contributed by atoms with Crippen LogP contribution in [0.4, 0.5) is 4.39 Å². The summed E-state index contributed by atoms with van der Waals surface area (Å²) in [5.41, 5.74) is 5.94. The van der Waals surface area contributed by atoms with Gasteiger partial charge in [-0.25, -0.2) is 14.4 Å². The molecule has 114 valence electrons. The monoisotopic (exact) mass is 305 g/mol. The Morgan fingerprint density at radius 3 is 2.39 bits per heavy atom. The molecule has 2 aromatic heterocycles. The molecule has 3 nitrogen and oxygen atoms in total. The summed E-state index contributed by atoms with van der Waals surface area (Å²) in [6.45, 7) is 5.93. The van der Waals surface area contributed by atoms with E-state index < -0.39 is 0 Å². The molecule has 4 rings (SSSR count). The van der Waals surface area contributed by atoms with E-state index in [1.54, 1.807) is 6.07 Å². The lowest BCUT2D eigenvalue weighted by molar-refractivity contribution is 0.636. The summed E-state index contributed by atoms with van der Waals surface area (Å²) in [6, 6.07) is 13.2. The van der Waals surface area contributed by atoms with Crippen LogP contribution in [0.2, 0.25) is 0 Å². The molecule has 0 spiro atoms. The highest BCUT2D eigenvalue weighted by Crippen LogP contribution is 2.30. The summed E-state index contributed by atoms with van der Waals surface area (Å²) in [6.07, 6.45) is 0. The van der Waals surface area contributed by atoms with Crippen LogP contribution in [-0.4, -0.2) is 14.4 Å². The molecule has 0 bridgehead atoms. The average molecular weight is 305 g/mol. The van der Waals surface area contributed by atoms with Gasteiger partial charge in [0.05, 0.1) is 22.4 Å². The molecule has 2 heterocycles.